The minimum Gasteiger partial charge on any atom is -0.496 e. The van der Waals surface area contributed by atoms with Crippen LogP contribution in [0.2, 0.25) is 0 Å². The summed E-state index contributed by atoms with van der Waals surface area (Å²) in [6.45, 7) is 2.59. The molecule has 0 radical (unpaired) electrons. The molecule has 0 unspecified atom stereocenters. The average Bonchev–Trinajstić information content (AvgIpc) is 2.71. The second-order valence-corrected chi connectivity index (χ2v) is 6.02. The van der Waals surface area contributed by atoms with Crippen molar-refractivity contribution in [3.8, 4) is 11.5 Å². The van der Waals surface area contributed by atoms with Crippen LogP contribution >= 0.6 is 0 Å². The molecule has 27 heavy (non-hydrogen) atoms. The zero-order chi connectivity index (χ0) is 19.8. The van der Waals surface area contributed by atoms with Gasteiger partial charge in [0.05, 0.1) is 26.7 Å². The van der Waals surface area contributed by atoms with Crippen molar-refractivity contribution in [2.45, 2.75) is 19.8 Å². The van der Waals surface area contributed by atoms with Gasteiger partial charge in [0.25, 0.3) is 5.91 Å². The largest absolute Gasteiger partial charge is 0.496 e. The van der Waals surface area contributed by atoms with Gasteiger partial charge in [0.15, 0.2) is 6.61 Å². The van der Waals surface area contributed by atoms with Crippen LogP contribution in [0.15, 0.2) is 18.2 Å². The van der Waals surface area contributed by atoms with Gasteiger partial charge < -0.3 is 23.8 Å². The molecular weight excluding hydrogens is 354 g/mol. The summed E-state index contributed by atoms with van der Waals surface area (Å²) < 4.78 is 20.5. The molecule has 0 atom stereocenters. The molecule has 8 nitrogen and oxygen atoms in total. The van der Waals surface area contributed by atoms with Crippen molar-refractivity contribution in [3.63, 3.8) is 0 Å². The highest BCUT2D eigenvalue weighted by atomic mass is 16.5. The van der Waals surface area contributed by atoms with Crippen LogP contribution in [0.5, 0.6) is 11.5 Å². The Bertz CT molecular complexity index is 658. The monoisotopic (exact) mass is 379 g/mol. The molecule has 1 heterocycles. The molecule has 0 N–H and O–H groups in total. The van der Waals surface area contributed by atoms with Crippen molar-refractivity contribution < 1.29 is 33.3 Å². The van der Waals surface area contributed by atoms with E-state index in [-0.39, 0.29) is 30.0 Å². The van der Waals surface area contributed by atoms with E-state index in [4.69, 9.17) is 18.9 Å². The molecule has 1 amide bonds. The lowest BCUT2D eigenvalue weighted by molar-refractivity contribution is -0.151. The Morgan fingerprint density at radius 2 is 1.63 bits per heavy atom. The number of ether oxygens (including phenoxy) is 4. The van der Waals surface area contributed by atoms with Gasteiger partial charge in [-0.1, -0.05) is 6.07 Å². The minimum absolute atomic E-state index is 0.135. The maximum Gasteiger partial charge on any atom is 0.346 e. The van der Waals surface area contributed by atoms with Crippen LogP contribution in [0.4, 0.5) is 0 Å². The fourth-order valence-corrected chi connectivity index (χ4v) is 2.97. The lowest BCUT2D eigenvalue weighted by atomic mass is 9.97. The fourth-order valence-electron chi connectivity index (χ4n) is 2.97. The molecule has 0 aromatic heterocycles. The second-order valence-electron chi connectivity index (χ2n) is 6.02. The summed E-state index contributed by atoms with van der Waals surface area (Å²) in [6.07, 6.45) is 1.08. The third kappa shape index (κ3) is 5.12. The molecule has 2 rings (SSSR count). The molecule has 0 aliphatic carbocycles. The van der Waals surface area contributed by atoms with Gasteiger partial charge in [0.2, 0.25) is 0 Å². The first-order valence-electron chi connectivity index (χ1n) is 8.84. The number of benzene rings is 1. The Morgan fingerprint density at radius 1 is 1.04 bits per heavy atom. The highest BCUT2D eigenvalue weighted by Gasteiger charge is 2.29. The summed E-state index contributed by atoms with van der Waals surface area (Å²) in [6, 6.07) is 4.91. The highest BCUT2D eigenvalue weighted by Crippen LogP contribution is 2.29. The normalized spacial score (nSPS) is 14.4. The van der Waals surface area contributed by atoms with Crippen molar-refractivity contribution in [3.05, 3.63) is 23.8 Å². The van der Waals surface area contributed by atoms with Crippen LogP contribution in [0, 0.1) is 5.92 Å². The summed E-state index contributed by atoms with van der Waals surface area (Å²) in [5.74, 6) is -0.795. The predicted molar refractivity (Wildman–Crippen MR) is 95.8 cm³/mol. The van der Waals surface area contributed by atoms with Crippen LogP contribution in [0.25, 0.3) is 0 Å². The Hall–Kier alpha value is -2.77. The minimum atomic E-state index is -0.695. The van der Waals surface area contributed by atoms with Gasteiger partial charge in [-0.3, -0.25) is 9.59 Å². The Morgan fingerprint density at radius 3 is 2.15 bits per heavy atom. The number of hydrogen-bond acceptors (Lipinski definition) is 7. The van der Waals surface area contributed by atoms with Crippen LogP contribution in [0.1, 0.15) is 30.1 Å². The summed E-state index contributed by atoms with van der Waals surface area (Å²) in [5.41, 5.74) is 0.135. The number of likely N-dealkylation sites (tertiary alicyclic amines) is 1. The number of hydrogen-bond donors (Lipinski definition) is 0. The first kappa shape index (κ1) is 20.5. The van der Waals surface area contributed by atoms with E-state index in [1.807, 2.05) is 0 Å². The smallest absolute Gasteiger partial charge is 0.346 e. The fraction of sp³-hybridized carbons (Fsp3) is 0.526. The van der Waals surface area contributed by atoms with Gasteiger partial charge in [-0.25, -0.2) is 4.79 Å². The number of carbonyl (C=O) groups is 3. The second kappa shape index (κ2) is 9.80. The van der Waals surface area contributed by atoms with Gasteiger partial charge in [-0.2, -0.15) is 0 Å². The third-order valence-electron chi connectivity index (χ3n) is 4.43. The highest BCUT2D eigenvalue weighted by molar-refractivity contribution is 5.96. The van der Waals surface area contributed by atoms with Crippen molar-refractivity contribution in [2.24, 2.45) is 5.92 Å². The molecule has 1 aromatic carbocycles. The molecule has 1 aromatic rings. The van der Waals surface area contributed by atoms with Crippen LogP contribution in [0.3, 0.4) is 0 Å². The van der Waals surface area contributed by atoms with Crippen molar-refractivity contribution in [1.29, 1.82) is 0 Å². The maximum atomic E-state index is 12.4. The van der Waals surface area contributed by atoms with Gasteiger partial charge in [-0.15, -0.1) is 0 Å². The summed E-state index contributed by atoms with van der Waals surface area (Å²) in [5, 5.41) is 0. The van der Waals surface area contributed by atoms with E-state index in [1.165, 1.54) is 14.2 Å². The number of rotatable bonds is 7. The SMILES string of the molecule is CCOC(=O)C1CCN(C(=O)COC(=O)c2c(OC)cccc2OC)CC1. The zero-order valence-corrected chi connectivity index (χ0v) is 15.9. The van der Waals surface area contributed by atoms with Gasteiger partial charge >= 0.3 is 11.9 Å². The molecule has 0 bridgehead atoms. The van der Waals surface area contributed by atoms with Crippen LogP contribution in [-0.4, -0.2) is 63.3 Å². The third-order valence-corrected chi connectivity index (χ3v) is 4.43. The topological polar surface area (TPSA) is 91.4 Å². The molecular formula is C19H25NO7. The Balaban J connectivity index is 1.90. The van der Waals surface area contributed by atoms with Gasteiger partial charge in [-0.05, 0) is 31.9 Å². The quantitative estimate of drug-likeness (QED) is 0.666. The predicted octanol–water partition coefficient (Wildman–Crippen LogP) is 1.66. The average molecular weight is 379 g/mol. The van der Waals surface area contributed by atoms with E-state index < -0.39 is 5.97 Å². The maximum absolute atomic E-state index is 12.4. The Kier molecular flexibility index (Phi) is 7.45. The molecule has 0 spiro atoms. The zero-order valence-electron chi connectivity index (χ0n) is 15.9. The number of methoxy groups -OCH3 is 2. The summed E-state index contributed by atoms with van der Waals surface area (Å²) >= 11 is 0. The van der Waals surface area contributed by atoms with Crippen LogP contribution < -0.4 is 9.47 Å². The number of amides is 1. The van der Waals surface area contributed by atoms with E-state index in [9.17, 15) is 14.4 Å². The van der Waals surface area contributed by atoms with Gasteiger partial charge in [0.1, 0.15) is 17.1 Å². The molecule has 0 saturated carbocycles. The lowest BCUT2D eigenvalue weighted by Gasteiger charge is -2.30. The molecule has 8 heteroatoms. The van der Waals surface area contributed by atoms with E-state index >= 15 is 0 Å². The van der Waals surface area contributed by atoms with E-state index in [1.54, 1.807) is 30.0 Å². The van der Waals surface area contributed by atoms with E-state index in [0.717, 1.165) is 0 Å². The lowest BCUT2D eigenvalue weighted by Crippen LogP contribution is -2.42. The first-order chi connectivity index (χ1) is 13.0. The molecule has 1 fully saturated rings. The number of carbonyl (C=O) groups excluding carboxylic acids is 3. The molecule has 1 aliphatic rings. The summed E-state index contributed by atoms with van der Waals surface area (Å²) in [4.78, 5) is 38.0. The van der Waals surface area contributed by atoms with Crippen molar-refractivity contribution in [1.82, 2.24) is 4.90 Å². The molecule has 148 valence electrons. The van der Waals surface area contributed by atoms with E-state index in [2.05, 4.69) is 0 Å². The first-order valence-corrected chi connectivity index (χ1v) is 8.84. The van der Waals surface area contributed by atoms with Crippen molar-refractivity contribution in [2.75, 3.05) is 40.5 Å². The molecule has 1 aliphatic heterocycles. The number of esters is 2. The Labute approximate surface area is 158 Å². The van der Waals surface area contributed by atoms with Gasteiger partial charge in [0, 0.05) is 13.1 Å². The van der Waals surface area contributed by atoms with E-state index in [0.29, 0.717) is 44.0 Å². The number of nitrogens with zero attached hydrogens (tertiary/aromatic N) is 1. The number of piperidine rings is 1. The van der Waals surface area contributed by atoms with Crippen LogP contribution in [-0.2, 0) is 19.1 Å². The standard InChI is InChI=1S/C19H25NO7/c1-4-26-18(22)13-8-10-20(11-9-13)16(21)12-27-19(23)17-14(24-2)6-5-7-15(17)25-3/h5-7,13H,4,8-12H2,1-3H3. The summed E-state index contributed by atoms with van der Waals surface area (Å²) in [7, 11) is 2.87. The van der Waals surface area contributed by atoms with Crippen molar-refractivity contribution >= 4 is 17.8 Å². The molecule has 1 saturated heterocycles.